The van der Waals surface area contributed by atoms with Gasteiger partial charge < -0.3 is 5.11 Å². The molecule has 2 rings (SSSR count). The van der Waals surface area contributed by atoms with Gasteiger partial charge in [0.2, 0.25) is 10.0 Å². The van der Waals surface area contributed by atoms with Crippen molar-refractivity contribution in [2.45, 2.75) is 36.8 Å². The van der Waals surface area contributed by atoms with E-state index in [1.54, 1.807) is 24.3 Å². The largest absolute Gasteiger partial charge is 0.392 e. The molecule has 1 aliphatic heterocycles. The summed E-state index contributed by atoms with van der Waals surface area (Å²) in [6, 6.07) is 6.54. The van der Waals surface area contributed by atoms with Crippen LogP contribution in [0.25, 0.3) is 0 Å². The summed E-state index contributed by atoms with van der Waals surface area (Å²) in [4.78, 5) is 0.257. The molecule has 1 heterocycles. The third kappa shape index (κ3) is 2.47. The quantitative estimate of drug-likeness (QED) is 0.900. The van der Waals surface area contributed by atoms with Crippen LogP contribution in [0.1, 0.15) is 20.3 Å². The van der Waals surface area contributed by atoms with Crippen LogP contribution >= 0.6 is 15.9 Å². The lowest BCUT2D eigenvalue weighted by Crippen LogP contribution is -2.42. The van der Waals surface area contributed by atoms with Gasteiger partial charge in [0, 0.05) is 16.6 Å². The highest BCUT2D eigenvalue weighted by Gasteiger charge is 2.44. The minimum Gasteiger partial charge on any atom is -0.392 e. The van der Waals surface area contributed by atoms with Crippen molar-refractivity contribution >= 4 is 26.0 Å². The number of aliphatic hydroxyl groups excluding tert-OH is 1. The van der Waals surface area contributed by atoms with Crippen LogP contribution < -0.4 is 0 Å². The van der Waals surface area contributed by atoms with E-state index in [1.807, 2.05) is 13.8 Å². The van der Waals surface area contributed by atoms with Crippen molar-refractivity contribution in [1.82, 2.24) is 4.31 Å². The van der Waals surface area contributed by atoms with Gasteiger partial charge in [-0.15, -0.1) is 0 Å². The van der Waals surface area contributed by atoms with Gasteiger partial charge in [-0.1, -0.05) is 15.9 Å². The van der Waals surface area contributed by atoms with Crippen molar-refractivity contribution in [2.75, 3.05) is 6.54 Å². The molecule has 18 heavy (non-hydrogen) atoms. The van der Waals surface area contributed by atoms with E-state index in [2.05, 4.69) is 15.9 Å². The van der Waals surface area contributed by atoms with Crippen LogP contribution in [0.15, 0.2) is 33.6 Å². The molecule has 0 spiro atoms. The van der Waals surface area contributed by atoms with Crippen LogP contribution in [0.2, 0.25) is 0 Å². The monoisotopic (exact) mass is 333 g/mol. The first-order valence-electron chi connectivity index (χ1n) is 5.70. The molecule has 1 atom stereocenters. The lowest BCUT2D eigenvalue weighted by Gasteiger charge is -2.30. The van der Waals surface area contributed by atoms with E-state index in [-0.39, 0.29) is 11.4 Å². The van der Waals surface area contributed by atoms with Gasteiger partial charge in [-0.2, -0.15) is 4.31 Å². The predicted molar refractivity (Wildman–Crippen MR) is 72.7 cm³/mol. The fourth-order valence-corrected chi connectivity index (χ4v) is 4.43. The Morgan fingerprint density at radius 1 is 1.33 bits per heavy atom. The zero-order valence-corrected chi connectivity index (χ0v) is 12.7. The standard InChI is InChI=1S/C12H16BrNO3S/c1-12(2)7-10(15)8-14(12)18(16,17)11-5-3-9(13)4-6-11/h3-6,10,15H,7-8H2,1-2H3. The smallest absolute Gasteiger partial charge is 0.243 e. The number of benzene rings is 1. The number of nitrogens with zero attached hydrogens (tertiary/aromatic N) is 1. The third-order valence-corrected chi connectivity index (χ3v) is 5.81. The zero-order chi connectivity index (χ0) is 13.6. The topological polar surface area (TPSA) is 57.6 Å². The Morgan fingerprint density at radius 3 is 2.33 bits per heavy atom. The van der Waals surface area contributed by atoms with Crippen LogP contribution in [0.4, 0.5) is 0 Å². The van der Waals surface area contributed by atoms with E-state index in [0.29, 0.717) is 6.42 Å². The SMILES string of the molecule is CC1(C)CC(O)CN1S(=O)(=O)c1ccc(Br)cc1. The minimum absolute atomic E-state index is 0.158. The predicted octanol–water partition coefficient (Wildman–Crippen LogP) is 1.98. The lowest BCUT2D eigenvalue weighted by molar-refractivity contribution is 0.187. The number of aliphatic hydroxyl groups is 1. The van der Waals surface area contributed by atoms with Crippen LogP contribution in [0.3, 0.4) is 0 Å². The number of halogens is 1. The summed E-state index contributed by atoms with van der Waals surface area (Å²) in [6.07, 6.45) is -0.131. The van der Waals surface area contributed by atoms with Gasteiger partial charge in [0.25, 0.3) is 0 Å². The van der Waals surface area contributed by atoms with Gasteiger partial charge in [-0.3, -0.25) is 0 Å². The summed E-state index contributed by atoms with van der Waals surface area (Å²) in [5.41, 5.74) is -0.550. The average Bonchev–Trinajstić information content (AvgIpc) is 2.53. The first-order chi connectivity index (χ1) is 8.23. The molecule has 1 aromatic carbocycles. The molecule has 4 nitrogen and oxygen atoms in total. The van der Waals surface area contributed by atoms with Gasteiger partial charge in [-0.25, -0.2) is 8.42 Å². The molecule has 0 bridgehead atoms. The number of sulfonamides is 1. The van der Waals surface area contributed by atoms with Crippen molar-refractivity contribution in [2.24, 2.45) is 0 Å². The van der Waals surface area contributed by atoms with Crippen molar-refractivity contribution in [3.63, 3.8) is 0 Å². The molecule has 0 amide bonds. The Labute approximate surface area is 116 Å². The van der Waals surface area contributed by atoms with Crippen molar-refractivity contribution in [1.29, 1.82) is 0 Å². The summed E-state index contributed by atoms with van der Waals surface area (Å²) >= 11 is 3.28. The number of rotatable bonds is 2. The maximum atomic E-state index is 12.5. The highest BCUT2D eigenvalue weighted by molar-refractivity contribution is 9.10. The number of hydrogen-bond acceptors (Lipinski definition) is 3. The fourth-order valence-electron chi connectivity index (χ4n) is 2.34. The molecule has 1 unspecified atom stereocenters. The molecule has 0 radical (unpaired) electrons. The Kier molecular flexibility index (Phi) is 3.57. The number of hydrogen-bond donors (Lipinski definition) is 1. The molecule has 1 aliphatic rings. The third-order valence-electron chi connectivity index (χ3n) is 3.19. The molecule has 100 valence electrons. The highest BCUT2D eigenvalue weighted by atomic mass is 79.9. The van der Waals surface area contributed by atoms with Crippen molar-refractivity contribution < 1.29 is 13.5 Å². The van der Waals surface area contributed by atoms with Crippen LogP contribution in [-0.4, -0.2) is 36.0 Å². The second-order valence-electron chi connectivity index (χ2n) is 5.16. The Bertz CT molecular complexity index is 539. The highest BCUT2D eigenvalue weighted by Crippen LogP contribution is 2.34. The van der Waals surface area contributed by atoms with E-state index in [9.17, 15) is 13.5 Å². The van der Waals surface area contributed by atoms with Crippen LogP contribution in [0.5, 0.6) is 0 Å². The second-order valence-corrected chi connectivity index (χ2v) is 7.94. The Hall–Kier alpha value is -0.430. The molecule has 0 aliphatic carbocycles. The molecule has 1 N–H and O–H groups in total. The van der Waals surface area contributed by atoms with Crippen molar-refractivity contribution in [3.05, 3.63) is 28.7 Å². The second kappa shape index (κ2) is 4.59. The molecule has 0 saturated carbocycles. The summed E-state index contributed by atoms with van der Waals surface area (Å²) < 4.78 is 27.2. The van der Waals surface area contributed by atoms with Gasteiger partial charge in [0.1, 0.15) is 0 Å². The van der Waals surface area contributed by atoms with Gasteiger partial charge in [-0.05, 0) is 44.5 Å². The van der Waals surface area contributed by atoms with E-state index >= 15 is 0 Å². The average molecular weight is 334 g/mol. The first-order valence-corrected chi connectivity index (χ1v) is 7.93. The van der Waals surface area contributed by atoms with E-state index < -0.39 is 21.7 Å². The van der Waals surface area contributed by atoms with Crippen LogP contribution in [0, 0.1) is 0 Å². The lowest BCUT2D eigenvalue weighted by atomic mass is 10.0. The molecule has 6 heteroatoms. The van der Waals surface area contributed by atoms with Crippen LogP contribution in [-0.2, 0) is 10.0 Å². The molecule has 1 saturated heterocycles. The van der Waals surface area contributed by atoms with Gasteiger partial charge >= 0.3 is 0 Å². The zero-order valence-electron chi connectivity index (χ0n) is 10.3. The maximum absolute atomic E-state index is 12.5. The van der Waals surface area contributed by atoms with E-state index in [0.717, 1.165) is 4.47 Å². The van der Waals surface area contributed by atoms with E-state index in [4.69, 9.17) is 0 Å². The van der Waals surface area contributed by atoms with Gasteiger partial charge in [0.05, 0.1) is 11.0 Å². The summed E-state index contributed by atoms with van der Waals surface area (Å²) in [5, 5.41) is 9.68. The van der Waals surface area contributed by atoms with Crippen molar-refractivity contribution in [3.8, 4) is 0 Å². The normalized spacial score (nSPS) is 24.3. The fraction of sp³-hybridized carbons (Fsp3) is 0.500. The molecule has 1 fully saturated rings. The summed E-state index contributed by atoms with van der Waals surface area (Å²) in [7, 11) is -3.54. The molecule has 1 aromatic rings. The molecule has 0 aromatic heterocycles. The Morgan fingerprint density at radius 2 is 1.89 bits per heavy atom. The summed E-state index contributed by atoms with van der Waals surface area (Å²) in [5.74, 6) is 0. The Balaban J connectivity index is 2.40. The number of β-amino-alcohol motifs (C(OH)–C–C–N with tert-alkyl or cyclic N) is 1. The molecular formula is C12H16BrNO3S. The minimum atomic E-state index is -3.54. The van der Waals surface area contributed by atoms with E-state index in [1.165, 1.54) is 4.31 Å². The first kappa shape index (κ1) is 14.0. The van der Waals surface area contributed by atoms with Gasteiger partial charge in [0.15, 0.2) is 0 Å². The molecular weight excluding hydrogens is 318 g/mol. The maximum Gasteiger partial charge on any atom is 0.243 e. The summed E-state index contributed by atoms with van der Waals surface area (Å²) in [6.45, 7) is 3.82.